The molecule has 3 atom stereocenters. The van der Waals surface area contributed by atoms with E-state index >= 15 is 0 Å². The minimum atomic E-state index is -0.126. The Morgan fingerprint density at radius 3 is 2.95 bits per heavy atom. The summed E-state index contributed by atoms with van der Waals surface area (Å²) in [6.07, 6.45) is 5.60. The van der Waals surface area contributed by atoms with Crippen LogP contribution in [-0.2, 0) is 11.2 Å². The van der Waals surface area contributed by atoms with Crippen LogP contribution < -0.4 is 10.6 Å². The second kappa shape index (κ2) is 8.48. The molecule has 124 valence electrons. The molecule has 0 saturated carbocycles. The van der Waals surface area contributed by atoms with Crippen LogP contribution in [0, 0.1) is 0 Å². The lowest BCUT2D eigenvalue weighted by Gasteiger charge is -2.18. The van der Waals surface area contributed by atoms with Crippen LogP contribution in [0.2, 0.25) is 0 Å². The molecule has 0 bridgehead atoms. The molecule has 1 aromatic heterocycles. The first kappa shape index (κ1) is 17.2. The summed E-state index contributed by atoms with van der Waals surface area (Å²) < 4.78 is 5.61. The van der Waals surface area contributed by atoms with Gasteiger partial charge in [0.25, 0.3) is 0 Å². The first-order valence-electron chi connectivity index (χ1n) is 8.21. The van der Waals surface area contributed by atoms with Gasteiger partial charge in [0.2, 0.25) is 0 Å². The smallest absolute Gasteiger partial charge is 0.315 e. The maximum Gasteiger partial charge on any atom is 0.315 e. The molecular weight excluding hydrogens is 298 g/mol. The summed E-state index contributed by atoms with van der Waals surface area (Å²) in [5.41, 5.74) is 0.934. The number of amides is 2. The summed E-state index contributed by atoms with van der Waals surface area (Å²) in [6.45, 7) is 6.98. The van der Waals surface area contributed by atoms with Crippen molar-refractivity contribution in [1.29, 1.82) is 0 Å². The fourth-order valence-electron chi connectivity index (χ4n) is 2.60. The number of nitrogens with one attached hydrogen (secondary N) is 2. The van der Waals surface area contributed by atoms with Crippen LogP contribution in [0.15, 0.2) is 5.38 Å². The van der Waals surface area contributed by atoms with E-state index in [0.717, 1.165) is 49.4 Å². The standard InChI is InChI=1S/C16H27N3O2S/c1-4-15-19-14(10-22-15)12(3)18-16(20)17-11(2)7-8-13-6-5-9-21-13/h10-13H,4-9H2,1-3H3,(H2,17,18,20). The number of hydrogen-bond donors (Lipinski definition) is 2. The van der Waals surface area contributed by atoms with Crippen molar-refractivity contribution in [3.05, 3.63) is 16.1 Å². The zero-order valence-electron chi connectivity index (χ0n) is 13.7. The molecule has 2 amide bonds. The quantitative estimate of drug-likeness (QED) is 0.807. The Morgan fingerprint density at radius 2 is 2.32 bits per heavy atom. The molecule has 0 radical (unpaired) electrons. The zero-order valence-corrected chi connectivity index (χ0v) is 14.5. The van der Waals surface area contributed by atoms with Crippen molar-refractivity contribution in [2.45, 2.75) is 71.1 Å². The van der Waals surface area contributed by atoms with E-state index in [0.29, 0.717) is 6.10 Å². The van der Waals surface area contributed by atoms with Gasteiger partial charge in [-0.2, -0.15) is 0 Å². The van der Waals surface area contributed by atoms with Crippen LogP contribution in [0.1, 0.15) is 63.2 Å². The highest BCUT2D eigenvalue weighted by atomic mass is 32.1. The number of rotatable bonds is 7. The van der Waals surface area contributed by atoms with Gasteiger partial charge >= 0.3 is 6.03 Å². The minimum Gasteiger partial charge on any atom is -0.378 e. The van der Waals surface area contributed by atoms with Crippen LogP contribution in [0.25, 0.3) is 0 Å². The predicted molar refractivity (Wildman–Crippen MR) is 89.2 cm³/mol. The third-order valence-corrected chi connectivity index (χ3v) is 5.00. The average Bonchev–Trinajstić information content (AvgIpc) is 3.16. The number of thiazole rings is 1. The summed E-state index contributed by atoms with van der Waals surface area (Å²) in [4.78, 5) is 16.5. The fraction of sp³-hybridized carbons (Fsp3) is 0.750. The van der Waals surface area contributed by atoms with E-state index in [1.54, 1.807) is 11.3 Å². The third kappa shape index (κ3) is 5.25. The summed E-state index contributed by atoms with van der Waals surface area (Å²) in [5.74, 6) is 0. The largest absolute Gasteiger partial charge is 0.378 e. The molecule has 3 unspecified atom stereocenters. The molecule has 2 heterocycles. The Balaban J connectivity index is 1.69. The molecule has 1 aliphatic heterocycles. The van der Waals surface area contributed by atoms with Crippen molar-refractivity contribution >= 4 is 17.4 Å². The van der Waals surface area contributed by atoms with E-state index in [4.69, 9.17) is 4.74 Å². The molecular formula is C16H27N3O2S. The monoisotopic (exact) mass is 325 g/mol. The van der Waals surface area contributed by atoms with Crippen molar-refractivity contribution in [3.8, 4) is 0 Å². The minimum absolute atomic E-state index is 0.0677. The summed E-state index contributed by atoms with van der Waals surface area (Å²) in [5, 5.41) is 9.07. The van der Waals surface area contributed by atoms with Crippen LogP contribution in [-0.4, -0.2) is 29.8 Å². The Labute approximate surface area is 136 Å². The molecule has 0 aromatic carbocycles. The molecule has 2 rings (SSSR count). The molecule has 2 N–H and O–H groups in total. The van der Waals surface area contributed by atoms with E-state index in [2.05, 4.69) is 22.5 Å². The Hall–Kier alpha value is -1.14. The van der Waals surface area contributed by atoms with Gasteiger partial charge in [-0.05, 0) is 46.0 Å². The molecule has 1 aromatic rings. The normalized spacial score (nSPS) is 20.6. The van der Waals surface area contributed by atoms with Gasteiger partial charge in [-0.1, -0.05) is 6.92 Å². The van der Waals surface area contributed by atoms with E-state index in [1.165, 1.54) is 0 Å². The van der Waals surface area contributed by atoms with Crippen LogP contribution in [0.5, 0.6) is 0 Å². The molecule has 1 fully saturated rings. The number of ether oxygens (including phenoxy) is 1. The number of hydrogen-bond acceptors (Lipinski definition) is 4. The first-order valence-corrected chi connectivity index (χ1v) is 9.09. The Kier molecular flexibility index (Phi) is 6.64. The number of nitrogens with zero attached hydrogens (tertiary/aromatic N) is 1. The van der Waals surface area contributed by atoms with Gasteiger partial charge in [-0.3, -0.25) is 0 Å². The molecule has 0 spiro atoms. The van der Waals surface area contributed by atoms with Gasteiger partial charge in [0, 0.05) is 18.0 Å². The Morgan fingerprint density at radius 1 is 1.50 bits per heavy atom. The van der Waals surface area contributed by atoms with Crippen LogP contribution >= 0.6 is 11.3 Å². The molecule has 1 aliphatic rings. The number of aryl methyl sites for hydroxylation is 1. The average molecular weight is 325 g/mol. The van der Waals surface area contributed by atoms with Gasteiger partial charge in [0.05, 0.1) is 22.8 Å². The van der Waals surface area contributed by atoms with E-state index in [-0.39, 0.29) is 18.1 Å². The second-order valence-corrected chi connectivity index (χ2v) is 6.92. The summed E-state index contributed by atoms with van der Waals surface area (Å²) in [6, 6.07) is -0.0432. The van der Waals surface area contributed by atoms with E-state index in [1.807, 2.05) is 19.2 Å². The molecule has 1 saturated heterocycles. The topological polar surface area (TPSA) is 63.2 Å². The van der Waals surface area contributed by atoms with Crippen molar-refractivity contribution < 1.29 is 9.53 Å². The maximum atomic E-state index is 12.0. The van der Waals surface area contributed by atoms with Gasteiger partial charge in [0.1, 0.15) is 0 Å². The maximum absolute atomic E-state index is 12.0. The first-order chi connectivity index (χ1) is 10.6. The Bertz CT molecular complexity index is 472. The fourth-order valence-corrected chi connectivity index (χ4v) is 3.44. The molecule has 22 heavy (non-hydrogen) atoms. The number of carbonyl (C=O) groups is 1. The lowest BCUT2D eigenvalue weighted by molar-refractivity contribution is 0.100. The van der Waals surface area contributed by atoms with Gasteiger partial charge < -0.3 is 15.4 Å². The van der Waals surface area contributed by atoms with E-state index < -0.39 is 0 Å². The lowest BCUT2D eigenvalue weighted by Crippen LogP contribution is -2.42. The molecule has 6 heteroatoms. The second-order valence-electron chi connectivity index (χ2n) is 5.97. The number of urea groups is 1. The van der Waals surface area contributed by atoms with Gasteiger partial charge in [-0.25, -0.2) is 9.78 Å². The summed E-state index contributed by atoms with van der Waals surface area (Å²) in [7, 11) is 0. The number of aromatic nitrogens is 1. The van der Waals surface area contributed by atoms with Crippen molar-refractivity contribution in [1.82, 2.24) is 15.6 Å². The van der Waals surface area contributed by atoms with Crippen LogP contribution in [0.3, 0.4) is 0 Å². The van der Waals surface area contributed by atoms with Gasteiger partial charge in [-0.15, -0.1) is 11.3 Å². The third-order valence-electron chi connectivity index (χ3n) is 3.99. The van der Waals surface area contributed by atoms with Crippen molar-refractivity contribution in [2.75, 3.05) is 6.61 Å². The predicted octanol–water partition coefficient (Wildman–Crippen LogP) is 3.41. The lowest BCUT2D eigenvalue weighted by atomic mass is 10.1. The van der Waals surface area contributed by atoms with Crippen LogP contribution in [0.4, 0.5) is 4.79 Å². The van der Waals surface area contributed by atoms with Crippen molar-refractivity contribution in [2.24, 2.45) is 0 Å². The number of carbonyl (C=O) groups excluding carboxylic acids is 1. The van der Waals surface area contributed by atoms with E-state index in [9.17, 15) is 4.79 Å². The van der Waals surface area contributed by atoms with Crippen molar-refractivity contribution in [3.63, 3.8) is 0 Å². The highest BCUT2D eigenvalue weighted by Gasteiger charge is 2.18. The summed E-state index contributed by atoms with van der Waals surface area (Å²) >= 11 is 1.64. The zero-order chi connectivity index (χ0) is 15.9. The highest BCUT2D eigenvalue weighted by molar-refractivity contribution is 7.09. The molecule has 0 aliphatic carbocycles. The highest BCUT2D eigenvalue weighted by Crippen LogP contribution is 2.18. The molecule has 5 nitrogen and oxygen atoms in total. The van der Waals surface area contributed by atoms with Gasteiger partial charge in [0.15, 0.2) is 0 Å². The SMILES string of the molecule is CCc1nc(C(C)NC(=O)NC(C)CCC2CCCO2)cs1.